The molecule has 0 spiro atoms. The second kappa shape index (κ2) is 2.62. The third-order valence-electron chi connectivity index (χ3n) is 1.65. The van der Waals surface area contributed by atoms with Crippen molar-refractivity contribution < 1.29 is 5.03 Å². The van der Waals surface area contributed by atoms with Gasteiger partial charge in [0.25, 0.3) is 0 Å². The van der Waals surface area contributed by atoms with Crippen molar-refractivity contribution in [3.05, 3.63) is 10.1 Å². The van der Waals surface area contributed by atoms with E-state index in [4.69, 9.17) is 0 Å². The molecule has 1 unspecified atom stereocenters. The lowest BCUT2D eigenvalue weighted by atomic mass is 9.93. The number of rotatable bonds is 1. The SMILES string of the molecule is CC(C)(C)C1NN=CN1[N+](=O)[O-]. The van der Waals surface area contributed by atoms with E-state index < -0.39 is 5.03 Å². The van der Waals surface area contributed by atoms with Gasteiger partial charge in [0.15, 0.2) is 17.5 Å². The number of nitrogens with zero attached hydrogens (tertiary/aromatic N) is 3. The highest BCUT2D eigenvalue weighted by molar-refractivity contribution is 5.55. The van der Waals surface area contributed by atoms with Crippen LogP contribution in [0.15, 0.2) is 5.10 Å². The average Bonchev–Trinajstić information content (AvgIpc) is 2.30. The summed E-state index contributed by atoms with van der Waals surface area (Å²) in [4.78, 5) is 10.5. The predicted octanol–water partition coefficient (Wildman–Crippen LogP) is 0.399. The molecule has 1 aliphatic heterocycles. The van der Waals surface area contributed by atoms with Gasteiger partial charge in [-0.05, 0) is 0 Å². The molecule has 0 aromatic rings. The molecule has 1 N–H and O–H groups in total. The number of hydrazone groups is 1. The van der Waals surface area contributed by atoms with Crippen LogP contribution in [0.5, 0.6) is 0 Å². The average molecular weight is 172 g/mol. The Morgan fingerprint density at radius 3 is 2.58 bits per heavy atom. The molecule has 6 nitrogen and oxygen atoms in total. The number of hydrogen-bond acceptors (Lipinski definition) is 4. The van der Waals surface area contributed by atoms with Gasteiger partial charge in [-0.3, -0.25) is 5.43 Å². The highest BCUT2D eigenvalue weighted by Gasteiger charge is 2.38. The maximum absolute atomic E-state index is 10.5. The molecule has 1 aliphatic rings. The molecule has 12 heavy (non-hydrogen) atoms. The molecule has 0 fully saturated rings. The van der Waals surface area contributed by atoms with Crippen LogP contribution in [0.25, 0.3) is 0 Å². The first-order valence-electron chi connectivity index (χ1n) is 3.64. The monoisotopic (exact) mass is 172 g/mol. The van der Waals surface area contributed by atoms with Gasteiger partial charge in [-0.2, -0.15) is 5.10 Å². The van der Waals surface area contributed by atoms with Crippen LogP contribution < -0.4 is 5.43 Å². The second-order valence-corrected chi connectivity index (χ2v) is 3.76. The smallest absolute Gasteiger partial charge is 0.185 e. The van der Waals surface area contributed by atoms with E-state index in [9.17, 15) is 10.1 Å². The lowest BCUT2D eigenvalue weighted by Crippen LogP contribution is -2.48. The first kappa shape index (κ1) is 8.76. The third-order valence-corrected chi connectivity index (χ3v) is 1.65. The van der Waals surface area contributed by atoms with Crippen LogP contribution in [0.2, 0.25) is 0 Å². The molecular formula is C6H12N4O2. The van der Waals surface area contributed by atoms with E-state index in [0.29, 0.717) is 0 Å². The van der Waals surface area contributed by atoms with Crippen molar-refractivity contribution in [2.24, 2.45) is 10.5 Å². The van der Waals surface area contributed by atoms with Crippen LogP contribution in [0, 0.1) is 15.5 Å². The van der Waals surface area contributed by atoms with E-state index >= 15 is 0 Å². The Morgan fingerprint density at radius 2 is 2.25 bits per heavy atom. The van der Waals surface area contributed by atoms with Gasteiger partial charge in [0, 0.05) is 5.41 Å². The molecule has 1 atom stereocenters. The lowest BCUT2D eigenvalue weighted by Gasteiger charge is -2.27. The van der Waals surface area contributed by atoms with Crippen LogP contribution in [-0.2, 0) is 0 Å². The topological polar surface area (TPSA) is 70.8 Å². The molecular weight excluding hydrogens is 160 g/mol. The number of nitrogens with one attached hydrogen (secondary N) is 1. The molecule has 68 valence electrons. The molecule has 1 rings (SSSR count). The summed E-state index contributed by atoms with van der Waals surface area (Å²) in [5.41, 5.74) is 2.46. The Bertz CT molecular complexity index is 220. The van der Waals surface area contributed by atoms with Crippen LogP contribution in [0.1, 0.15) is 20.8 Å². The summed E-state index contributed by atoms with van der Waals surface area (Å²) in [6, 6.07) is 0. The van der Waals surface area contributed by atoms with Crippen LogP contribution in [0.3, 0.4) is 0 Å². The fraction of sp³-hybridized carbons (Fsp3) is 0.833. The highest BCUT2D eigenvalue weighted by Crippen LogP contribution is 2.23. The summed E-state index contributed by atoms with van der Waals surface area (Å²) in [6.45, 7) is 5.74. The van der Waals surface area contributed by atoms with Crippen molar-refractivity contribution in [3.8, 4) is 0 Å². The summed E-state index contributed by atoms with van der Waals surface area (Å²) in [6.07, 6.45) is 0.822. The minimum atomic E-state index is -0.473. The molecule has 0 aromatic carbocycles. The van der Waals surface area contributed by atoms with Gasteiger partial charge in [-0.1, -0.05) is 25.8 Å². The normalized spacial score (nSPS) is 22.6. The van der Waals surface area contributed by atoms with Gasteiger partial charge in [0.2, 0.25) is 0 Å². The first-order chi connectivity index (χ1) is 5.43. The zero-order valence-electron chi connectivity index (χ0n) is 7.31. The summed E-state index contributed by atoms with van der Waals surface area (Å²) in [5, 5.41) is 14.6. The Balaban J connectivity index is 2.75. The molecule has 0 saturated carbocycles. The minimum absolute atomic E-state index is 0.219. The lowest BCUT2D eigenvalue weighted by molar-refractivity contribution is -0.638. The van der Waals surface area contributed by atoms with Crippen LogP contribution in [-0.4, -0.2) is 22.5 Å². The van der Waals surface area contributed by atoms with E-state index in [1.54, 1.807) is 0 Å². The Labute approximate surface area is 70.4 Å². The summed E-state index contributed by atoms with van der Waals surface area (Å²) < 4.78 is 0. The quantitative estimate of drug-likeness (QED) is 0.459. The maximum atomic E-state index is 10.5. The van der Waals surface area contributed by atoms with Crippen molar-refractivity contribution in [2.75, 3.05) is 0 Å². The van der Waals surface area contributed by atoms with E-state index in [2.05, 4.69) is 10.5 Å². The van der Waals surface area contributed by atoms with E-state index in [1.807, 2.05) is 20.8 Å². The Kier molecular flexibility index (Phi) is 1.91. The highest BCUT2D eigenvalue weighted by atomic mass is 16.7. The molecule has 6 heteroatoms. The zero-order valence-corrected chi connectivity index (χ0v) is 7.31. The molecule has 0 radical (unpaired) electrons. The summed E-state index contributed by atoms with van der Waals surface area (Å²) in [5.74, 6) is 0. The first-order valence-corrected chi connectivity index (χ1v) is 3.64. The second-order valence-electron chi connectivity index (χ2n) is 3.76. The van der Waals surface area contributed by atoms with Gasteiger partial charge in [0.1, 0.15) is 0 Å². The van der Waals surface area contributed by atoms with Crippen molar-refractivity contribution in [3.63, 3.8) is 0 Å². The predicted molar refractivity (Wildman–Crippen MR) is 43.7 cm³/mol. The Morgan fingerprint density at radius 1 is 1.67 bits per heavy atom. The minimum Gasteiger partial charge on any atom is -0.279 e. The molecule has 1 heterocycles. The van der Waals surface area contributed by atoms with Crippen LogP contribution >= 0.6 is 0 Å². The Hall–Kier alpha value is -1.33. The van der Waals surface area contributed by atoms with Crippen molar-refractivity contribution in [1.29, 1.82) is 0 Å². The standard InChI is InChI=1S/C6H12N4O2/c1-6(2,3)5-8-7-4-9(5)10(11)12/h4-5,8H,1-3H3. The summed E-state index contributed by atoms with van der Waals surface area (Å²) in [7, 11) is 0. The van der Waals surface area contributed by atoms with E-state index in [1.165, 1.54) is 6.34 Å². The number of nitro groups is 1. The fourth-order valence-electron chi connectivity index (χ4n) is 1.02. The van der Waals surface area contributed by atoms with Gasteiger partial charge in [-0.15, -0.1) is 0 Å². The molecule has 0 bridgehead atoms. The molecule has 0 aromatic heterocycles. The molecule has 0 aliphatic carbocycles. The number of hydrogen-bond donors (Lipinski definition) is 1. The van der Waals surface area contributed by atoms with Crippen molar-refractivity contribution in [2.45, 2.75) is 26.9 Å². The van der Waals surface area contributed by atoms with Crippen molar-refractivity contribution >= 4 is 6.34 Å². The fourth-order valence-corrected chi connectivity index (χ4v) is 1.02. The van der Waals surface area contributed by atoms with E-state index in [-0.39, 0.29) is 11.6 Å². The summed E-state index contributed by atoms with van der Waals surface area (Å²) >= 11 is 0. The third kappa shape index (κ3) is 1.46. The largest absolute Gasteiger partial charge is 0.279 e. The van der Waals surface area contributed by atoms with Gasteiger partial charge in [-0.25, -0.2) is 10.1 Å². The van der Waals surface area contributed by atoms with Gasteiger partial charge in [0.05, 0.1) is 0 Å². The van der Waals surface area contributed by atoms with Gasteiger partial charge < -0.3 is 0 Å². The maximum Gasteiger partial charge on any atom is 0.185 e. The van der Waals surface area contributed by atoms with Crippen LogP contribution in [0.4, 0.5) is 0 Å². The van der Waals surface area contributed by atoms with E-state index in [0.717, 1.165) is 5.01 Å². The molecule has 0 saturated heterocycles. The number of hydrazine groups is 1. The molecule has 0 amide bonds. The van der Waals surface area contributed by atoms with Gasteiger partial charge >= 0.3 is 0 Å². The van der Waals surface area contributed by atoms with Crippen molar-refractivity contribution in [1.82, 2.24) is 10.4 Å². The zero-order chi connectivity index (χ0) is 9.35.